The van der Waals surface area contributed by atoms with Crippen LogP contribution in [0, 0.1) is 0 Å². The van der Waals surface area contributed by atoms with Gasteiger partial charge in [0.05, 0.1) is 18.7 Å². The fourth-order valence-corrected chi connectivity index (χ4v) is 2.33. The Morgan fingerprint density at radius 3 is 2.05 bits per heavy atom. The Kier molecular flexibility index (Phi) is 5.42. The van der Waals surface area contributed by atoms with Crippen molar-refractivity contribution in [2.75, 3.05) is 13.7 Å². The number of Topliss-reactive ketones (excluding diaryl/α,β-unsaturated/α-hetero) is 1. The van der Waals surface area contributed by atoms with Crippen molar-refractivity contribution in [3.8, 4) is 5.75 Å². The molecule has 0 radical (unpaired) electrons. The topological polar surface area (TPSA) is 78.3 Å². The Labute approximate surface area is 134 Å². The van der Waals surface area contributed by atoms with Crippen LogP contribution in [0.25, 0.3) is 0 Å². The van der Waals surface area contributed by atoms with Gasteiger partial charge in [0.1, 0.15) is 5.75 Å². The van der Waals surface area contributed by atoms with Crippen LogP contribution in [0.3, 0.4) is 0 Å². The molecule has 1 atom stereocenters. The van der Waals surface area contributed by atoms with E-state index in [1.807, 2.05) is 6.07 Å². The first-order valence-corrected chi connectivity index (χ1v) is 7.66. The lowest BCUT2D eigenvalue weighted by atomic mass is 9.78. The molecule has 1 aromatic rings. The molecule has 0 amide bonds. The third-order valence-corrected chi connectivity index (χ3v) is 3.82. The Hall–Kier alpha value is -1.39. The maximum absolute atomic E-state index is 12.6. The zero-order valence-electron chi connectivity index (χ0n) is 14.9. The van der Waals surface area contributed by atoms with Crippen LogP contribution in [-0.4, -0.2) is 25.5 Å². The van der Waals surface area contributed by atoms with E-state index in [4.69, 9.17) is 16.2 Å². The predicted molar refractivity (Wildman–Crippen MR) is 91.8 cm³/mol. The average Bonchev–Trinajstić information content (AvgIpc) is 2.42. The molecule has 0 saturated carbocycles. The SMILES string of the molecule is COc1c(C(=O)C(N)CN)cc(C(C)(C)C)cc1C(C)(C)C. The van der Waals surface area contributed by atoms with Gasteiger partial charge >= 0.3 is 0 Å². The Bertz CT molecular complexity index is 551. The van der Waals surface area contributed by atoms with Crippen molar-refractivity contribution in [2.24, 2.45) is 11.5 Å². The van der Waals surface area contributed by atoms with Crippen molar-refractivity contribution < 1.29 is 9.53 Å². The van der Waals surface area contributed by atoms with Gasteiger partial charge < -0.3 is 16.2 Å². The van der Waals surface area contributed by atoms with Crippen LogP contribution in [-0.2, 0) is 10.8 Å². The van der Waals surface area contributed by atoms with E-state index in [9.17, 15) is 4.79 Å². The molecule has 4 nitrogen and oxygen atoms in total. The molecule has 0 aliphatic rings. The van der Waals surface area contributed by atoms with E-state index < -0.39 is 6.04 Å². The second-order valence-corrected chi connectivity index (χ2v) is 7.81. The van der Waals surface area contributed by atoms with Gasteiger partial charge in [0.25, 0.3) is 0 Å². The van der Waals surface area contributed by atoms with E-state index >= 15 is 0 Å². The summed E-state index contributed by atoms with van der Waals surface area (Å²) in [6.07, 6.45) is 0. The summed E-state index contributed by atoms with van der Waals surface area (Å²) in [6, 6.07) is 3.31. The zero-order valence-corrected chi connectivity index (χ0v) is 14.9. The molecular formula is C18H30N2O2. The molecule has 1 aromatic carbocycles. The number of nitrogens with two attached hydrogens (primary N) is 2. The smallest absolute Gasteiger partial charge is 0.184 e. The van der Waals surface area contributed by atoms with E-state index in [1.165, 1.54) is 0 Å². The average molecular weight is 306 g/mol. The van der Waals surface area contributed by atoms with Crippen LogP contribution < -0.4 is 16.2 Å². The van der Waals surface area contributed by atoms with E-state index in [0.29, 0.717) is 11.3 Å². The second-order valence-electron chi connectivity index (χ2n) is 7.81. The maximum atomic E-state index is 12.6. The van der Waals surface area contributed by atoms with Crippen LogP contribution in [0.2, 0.25) is 0 Å². The van der Waals surface area contributed by atoms with Gasteiger partial charge in [0.15, 0.2) is 5.78 Å². The molecule has 124 valence electrons. The molecule has 0 fully saturated rings. The van der Waals surface area contributed by atoms with Crippen molar-refractivity contribution in [3.63, 3.8) is 0 Å². The lowest BCUT2D eigenvalue weighted by Gasteiger charge is -2.29. The number of hydrogen-bond acceptors (Lipinski definition) is 4. The summed E-state index contributed by atoms with van der Waals surface area (Å²) >= 11 is 0. The Morgan fingerprint density at radius 2 is 1.68 bits per heavy atom. The molecule has 22 heavy (non-hydrogen) atoms. The highest BCUT2D eigenvalue weighted by molar-refractivity contribution is 6.03. The van der Waals surface area contributed by atoms with Crippen molar-refractivity contribution in [2.45, 2.75) is 58.4 Å². The third-order valence-electron chi connectivity index (χ3n) is 3.82. The van der Waals surface area contributed by atoms with Crippen LogP contribution in [0.5, 0.6) is 5.75 Å². The minimum Gasteiger partial charge on any atom is -0.496 e. The van der Waals surface area contributed by atoms with E-state index in [2.05, 4.69) is 47.6 Å². The number of methoxy groups -OCH3 is 1. The minimum atomic E-state index is -0.711. The van der Waals surface area contributed by atoms with Gasteiger partial charge in [0.2, 0.25) is 0 Å². The Morgan fingerprint density at radius 1 is 1.14 bits per heavy atom. The van der Waals surface area contributed by atoms with Crippen molar-refractivity contribution in [3.05, 3.63) is 28.8 Å². The highest BCUT2D eigenvalue weighted by Gasteiger charge is 2.29. The summed E-state index contributed by atoms with van der Waals surface area (Å²) in [5.74, 6) is 0.436. The molecule has 4 heteroatoms. The molecule has 4 N–H and O–H groups in total. The van der Waals surface area contributed by atoms with Gasteiger partial charge in [-0.3, -0.25) is 4.79 Å². The number of ketones is 1. The lowest BCUT2D eigenvalue weighted by Crippen LogP contribution is -2.38. The van der Waals surface area contributed by atoms with Crippen LogP contribution >= 0.6 is 0 Å². The fraction of sp³-hybridized carbons (Fsp3) is 0.611. The van der Waals surface area contributed by atoms with Crippen LogP contribution in [0.15, 0.2) is 12.1 Å². The summed E-state index contributed by atoms with van der Waals surface area (Å²) in [5, 5.41) is 0. The Balaban J connectivity index is 3.70. The first-order chi connectivity index (χ1) is 9.93. The van der Waals surface area contributed by atoms with Crippen molar-refractivity contribution in [1.82, 2.24) is 0 Å². The number of rotatable bonds is 4. The highest BCUT2D eigenvalue weighted by Crippen LogP contribution is 2.38. The molecule has 1 rings (SSSR count). The van der Waals surface area contributed by atoms with Crippen LogP contribution in [0.4, 0.5) is 0 Å². The molecule has 0 bridgehead atoms. The highest BCUT2D eigenvalue weighted by atomic mass is 16.5. The number of carbonyl (C=O) groups excluding carboxylic acids is 1. The largest absolute Gasteiger partial charge is 0.496 e. The third kappa shape index (κ3) is 3.87. The summed E-state index contributed by atoms with van der Waals surface area (Å²) in [6.45, 7) is 12.8. The van der Waals surface area contributed by atoms with Crippen LogP contribution in [0.1, 0.15) is 63.0 Å². The van der Waals surface area contributed by atoms with Crippen molar-refractivity contribution >= 4 is 5.78 Å². The monoisotopic (exact) mass is 306 g/mol. The minimum absolute atomic E-state index is 0.0753. The number of carbonyl (C=O) groups is 1. The normalized spacial score (nSPS) is 13.9. The quantitative estimate of drug-likeness (QED) is 0.838. The first-order valence-electron chi connectivity index (χ1n) is 7.66. The van der Waals surface area contributed by atoms with E-state index in [1.54, 1.807) is 7.11 Å². The first kappa shape index (κ1) is 18.7. The number of ether oxygens (including phenoxy) is 1. The summed E-state index contributed by atoms with van der Waals surface area (Å²) in [5.41, 5.74) is 13.8. The lowest BCUT2D eigenvalue weighted by molar-refractivity contribution is 0.0961. The maximum Gasteiger partial charge on any atom is 0.184 e. The molecule has 0 heterocycles. The van der Waals surface area contributed by atoms with E-state index in [0.717, 1.165) is 11.1 Å². The van der Waals surface area contributed by atoms with Gasteiger partial charge in [-0.25, -0.2) is 0 Å². The number of hydrogen-bond donors (Lipinski definition) is 2. The zero-order chi connectivity index (χ0) is 17.3. The standard InChI is InChI=1S/C18H30N2O2/c1-17(2,3)11-8-12(15(21)14(20)10-19)16(22-7)13(9-11)18(4,5)6/h8-9,14H,10,19-20H2,1-7H3. The van der Waals surface area contributed by atoms with Gasteiger partial charge in [-0.2, -0.15) is 0 Å². The van der Waals surface area contributed by atoms with Gasteiger partial charge in [0, 0.05) is 12.1 Å². The molecule has 0 saturated heterocycles. The van der Waals surface area contributed by atoms with E-state index in [-0.39, 0.29) is 23.2 Å². The molecule has 0 aliphatic carbocycles. The number of benzene rings is 1. The van der Waals surface area contributed by atoms with Gasteiger partial charge in [-0.05, 0) is 22.5 Å². The van der Waals surface area contributed by atoms with Gasteiger partial charge in [-0.15, -0.1) is 0 Å². The molecular weight excluding hydrogens is 276 g/mol. The molecule has 0 spiro atoms. The van der Waals surface area contributed by atoms with Crippen molar-refractivity contribution in [1.29, 1.82) is 0 Å². The summed E-state index contributed by atoms with van der Waals surface area (Å²) < 4.78 is 5.57. The molecule has 0 aromatic heterocycles. The predicted octanol–water partition coefficient (Wildman–Crippen LogP) is 2.76. The summed E-state index contributed by atoms with van der Waals surface area (Å²) in [4.78, 5) is 12.6. The fourth-order valence-electron chi connectivity index (χ4n) is 2.33. The summed E-state index contributed by atoms with van der Waals surface area (Å²) in [7, 11) is 1.59. The molecule has 1 unspecified atom stereocenters. The second kappa shape index (κ2) is 6.39. The van der Waals surface area contributed by atoms with Gasteiger partial charge in [-0.1, -0.05) is 47.6 Å². The molecule has 0 aliphatic heterocycles.